The lowest BCUT2D eigenvalue weighted by Gasteiger charge is -2.25. The summed E-state index contributed by atoms with van der Waals surface area (Å²) in [5.74, 6) is -0.00451. The minimum absolute atomic E-state index is 0.0293. The number of anilines is 1. The van der Waals surface area contributed by atoms with Crippen molar-refractivity contribution in [2.24, 2.45) is 5.92 Å². The summed E-state index contributed by atoms with van der Waals surface area (Å²) in [6.45, 7) is 0.526. The molecule has 0 aromatic heterocycles. The molecule has 2 rings (SSSR count). The van der Waals surface area contributed by atoms with Gasteiger partial charge in [-0.2, -0.15) is 13.2 Å². The largest absolute Gasteiger partial charge is 0.418 e. The Morgan fingerprint density at radius 1 is 1.35 bits per heavy atom. The Morgan fingerprint density at radius 3 is 2.55 bits per heavy atom. The first-order chi connectivity index (χ1) is 9.43. The van der Waals surface area contributed by atoms with Crippen molar-refractivity contribution in [3.05, 3.63) is 29.3 Å². The third-order valence-corrected chi connectivity index (χ3v) is 3.64. The van der Waals surface area contributed by atoms with Crippen molar-refractivity contribution in [3.8, 4) is 0 Å². The van der Waals surface area contributed by atoms with Crippen molar-refractivity contribution in [3.63, 3.8) is 0 Å². The molecule has 0 radical (unpaired) electrons. The van der Waals surface area contributed by atoms with Gasteiger partial charge in [0.1, 0.15) is 0 Å². The molecule has 0 bridgehead atoms. The molecule has 110 valence electrons. The Morgan fingerprint density at radius 2 is 2.05 bits per heavy atom. The molecule has 0 atom stereocenters. The summed E-state index contributed by atoms with van der Waals surface area (Å²) in [4.78, 5) is 12.0. The molecular weight excluding hydrogens is 269 g/mol. The first kappa shape index (κ1) is 14.7. The molecule has 1 amide bonds. The Hall–Kier alpha value is -1.72. The van der Waals surface area contributed by atoms with Crippen molar-refractivity contribution in [2.45, 2.75) is 25.4 Å². The van der Waals surface area contributed by atoms with E-state index < -0.39 is 17.6 Å². The second-order valence-electron chi connectivity index (χ2n) is 4.98. The van der Waals surface area contributed by atoms with Gasteiger partial charge in [0, 0.05) is 13.6 Å². The van der Waals surface area contributed by atoms with E-state index >= 15 is 0 Å². The number of para-hydroxylation sites is 1. The SMILES string of the molecule is CNc1c(C(=O)NCC2CCC2)cccc1C(F)(F)F. The molecule has 20 heavy (non-hydrogen) atoms. The average molecular weight is 286 g/mol. The Balaban J connectivity index is 2.19. The summed E-state index contributed by atoms with van der Waals surface area (Å²) in [5.41, 5.74) is -0.968. The molecule has 1 fully saturated rings. The summed E-state index contributed by atoms with van der Waals surface area (Å²) in [6, 6.07) is 3.62. The molecule has 1 aliphatic rings. The number of carbonyl (C=O) groups is 1. The number of hydrogen-bond donors (Lipinski definition) is 2. The van der Waals surface area contributed by atoms with Crippen molar-refractivity contribution < 1.29 is 18.0 Å². The van der Waals surface area contributed by atoms with Crippen LogP contribution < -0.4 is 10.6 Å². The molecule has 0 unspecified atom stereocenters. The number of alkyl halides is 3. The molecule has 0 spiro atoms. The summed E-state index contributed by atoms with van der Waals surface area (Å²) in [7, 11) is 1.38. The summed E-state index contributed by atoms with van der Waals surface area (Å²) in [5, 5.41) is 5.19. The zero-order valence-electron chi connectivity index (χ0n) is 11.2. The van der Waals surface area contributed by atoms with Crippen LogP contribution in [0, 0.1) is 5.92 Å². The van der Waals surface area contributed by atoms with Crippen molar-refractivity contribution in [1.82, 2.24) is 5.32 Å². The molecule has 1 saturated carbocycles. The normalized spacial score (nSPS) is 15.6. The van der Waals surface area contributed by atoms with Crippen molar-refractivity contribution >= 4 is 11.6 Å². The van der Waals surface area contributed by atoms with Crippen LogP contribution in [0.4, 0.5) is 18.9 Å². The minimum Gasteiger partial charge on any atom is -0.387 e. The maximum atomic E-state index is 12.9. The van der Waals surface area contributed by atoms with Gasteiger partial charge < -0.3 is 10.6 Å². The Labute approximate surface area is 115 Å². The molecule has 0 heterocycles. The highest BCUT2D eigenvalue weighted by atomic mass is 19.4. The predicted octanol–water partition coefficient (Wildman–Crippen LogP) is 3.28. The number of rotatable bonds is 4. The van der Waals surface area contributed by atoms with E-state index in [9.17, 15) is 18.0 Å². The van der Waals surface area contributed by atoms with Crippen LogP contribution in [0.2, 0.25) is 0 Å². The van der Waals surface area contributed by atoms with Gasteiger partial charge in [-0.05, 0) is 30.9 Å². The molecule has 1 aromatic rings. The number of amides is 1. The molecule has 1 aromatic carbocycles. The van der Waals surface area contributed by atoms with Gasteiger partial charge in [-0.25, -0.2) is 0 Å². The lowest BCUT2D eigenvalue weighted by molar-refractivity contribution is -0.136. The van der Waals surface area contributed by atoms with Crippen molar-refractivity contribution in [1.29, 1.82) is 0 Å². The number of hydrogen-bond acceptors (Lipinski definition) is 2. The van der Waals surface area contributed by atoms with E-state index in [1.165, 1.54) is 19.2 Å². The van der Waals surface area contributed by atoms with Crippen LogP contribution in [0.1, 0.15) is 35.2 Å². The maximum absolute atomic E-state index is 12.9. The van der Waals surface area contributed by atoms with Crippen LogP contribution in [-0.4, -0.2) is 19.5 Å². The third-order valence-electron chi connectivity index (χ3n) is 3.64. The fourth-order valence-electron chi connectivity index (χ4n) is 2.28. The molecule has 2 N–H and O–H groups in total. The van der Waals surface area contributed by atoms with Gasteiger partial charge in [-0.3, -0.25) is 4.79 Å². The fraction of sp³-hybridized carbons (Fsp3) is 0.500. The topological polar surface area (TPSA) is 41.1 Å². The van der Waals surface area contributed by atoms with Crippen LogP contribution in [0.25, 0.3) is 0 Å². The summed E-state index contributed by atoms with van der Waals surface area (Å²) >= 11 is 0. The highest BCUT2D eigenvalue weighted by molar-refractivity contribution is 6.00. The van der Waals surface area contributed by atoms with Crippen LogP contribution in [0.15, 0.2) is 18.2 Å². The van der Waals surface area contributed by atoms with Gasteiger partial charge in [-0.1, -0.05) is 12.5 Å². The monoisotopic (exact) mass is 286 g/mol. The maximum Gasteiger partial charge on any atom is 0.418 e. The summed E-state index contributed by atoms with van der Waals surface area (Å²) in [6.07, 6.45) is -1.18. The predicted molar refractivity (Wildman–Crippen MR) is 70.7 cm³/mol. The second kappa shape index (κ2) is 5.73. The van der Waals surface area contributed by atoms with E-state index in [4.69, 9.17) is 0 Å². The first-order valence-electron chi connectivity index (χ1n) is 6.59. The molecule has 0 aliphatic heterocycles. The Bertz CT molecular complexity index is 496. The molecule has 0 saturated heterocycles. The van der Waals surface area contributed by atoms with Gasteiger partial charge in [0.05, 0.1) is 16.8 Å². The highest BCUT2D eigenvalue weighted by Crippen LogP contribution is 2.36. The number of benzene rings is 1. The van der Waals surface area contributed by atoms with Gasteiger partial charge in [0.25, 0.3) is 5.91 Å². The lowest BCUT2D eigenvalue weighted by Crippen LogP contribution is -2.32. The molecule has 1 aliphatic carbocycles. The fourth-order valence-corrected chi connectivity index (χ4v) is 2.28. The zero-order valence-corrected chi connectivity index (χ0v) is 11.2. The van der Waals surface area contributed by atoms with Gasteiger partial charge in [-0.15, -0.1) is 0 Å². The lowest BCUT2D eigenvalue weighted by atomic mass is 9.85. The first-order valence-corrected chi connectivity index (χ1v) is 6.59. The quantitative estimate of drug-likeness (QED) is 0.892. The smallest absolute Gasteiger partial charge is 0.387 e. The number of carbonyl (C=O) groups excluding carboxylic acids is 1. The molecular formula is C14H17F3N2O. The standard InChI is InChI=1S/C14H17F3N2O/c1-18-12-10(6-3-7-11(12)14(15,16)17)13(20)19-8-9-4-2-5-9/h3,6-7,9,18H,2,4-5,8H2,1H3,(H,19,20). The highest BCUT2D eigenvalue weighted by Gasteiger charge is 2.35. The Kier molecular flexibility index (Phi) is 4.20. The zero-order chi connectivity index (χ0) is 14.8. The van der Waals surface area contributed by atoms with E-state index in [2.05, 4.69) is 10.6 Å². The minimum atomic E-state index is -4.48. The summed E-state index contributed by atoms with van der Waals surface area (Å²) < 4.78 is 38.7. The van der Waals surface area contributed by atoms with Crippen LogP contribution in [-0.2, 0) is 6.18 Å². The molecule has 3 nitrogen and oxygen atoms in total. The van der Waals surface area contributed by atoms with Crippen LogP contribution in [0.5, 0.6) is 0 Å². The van der Waals surface area contributed by atoms with E-state index in [0.717, 1.165) is 25.3 Å². The average Bonchev–Trinajstić information content (AvgIpc) is 2.34. The van der Waals surface area contributed by atoms with Crippen LogP contribution >= 0.6 is 0 Å². The second-order valence-corrected chi connectivity index (χ2v) is 4.98. The van der Waals surface area contributed by atoms with E-state index in [0.29, 0.717) is 12.5 Å². The number of halogens is 3. The third kappa shape index (κ3) is 3.05. The van der Waals surface area contributed by atoms with E-state index in [1.54, 1.807) is 0 Å². The van der Waals surface area contributed by atoms with E-state index in [1.807, 2.05) is 0 Å². The van der Waals surface area contributed by atoms with Gasteiger partial charge in [0.15, 0.2) is 0 Å². The van der Waals surface area contributed by atoms with Gasteiger partial charge in [0.2, 0.25) is 0 Å². The van der Waals surface area contributed by atoms with Crippen molar-refractivity contribution in [2.75, 3.05) is 18.9 Å². The van der Waals surface area contributed by atoms with Crippen LogP contribution in [0.3, 0.4) is 0 Å². The molecule has 6 heteroatoms. The number of nitrogens with one attached hydrogen (secondary N) is 2. The van der Waals surface area contributed by atoms with E-state index in [-0.39, 0.29) is 11.3 Å². The van der Waals surface area contributed by atoms with Gasteiger partial charge >= 0.3 is 6.18 Å².